The Morgan fingerprint density at radius 3 is 2.03 bits per heavy atom. The van der Waals surface area contributed by atoms with E-state index in [2.05, 4.69) is 0 Å². The second-order valence-corrected chi connectivity index (χ2v) is 7.42. The van der Waals surface area contributed by atoms with Crippen molar-refractivity contribution in [3.05, 3.63) is 70.7 Å². The molecule has 0 saturated carbocycles. The Bertz CT molecular complexity index is 993. The minimum absolute atomic E-state index is 0.246. The monoisotopic (exact) mass is 426 g/mol. The van der Waals surface area contributed by atoms with Gasteiger partial charge in [0.05, 0.1) is 24.5 Å². The molecule has 7 heteroatoms. The third-order valence-corrected chi connectivity index (χ3v) is 5.39. The van der Waals surface area contributed by atoms with Gasteiger partial charge in [-0.15, -0.1) is 0 Å². The summed E-state index contributed by atoms with van der Waals surface area (Å²) < 4.78 is 24.0. The van der Waals surface area contributed by atoms with E-state index in [4.69, 9.17) is 9.47 Å². The fourth-order valence-electron chi connectivity index (χ4n) is 3.53. The van der Waals surface area contributed by atoms with Crippen LogP contribution in [-0.4, -0.2) is 57.2 Å². The van der Waals surface area contributed by atoms with Crippen molar-refractivity contribution in [1.82, 2.24) is 4.90 Å². The highest BCUT2D eigenvalue weighted by Crippen LogP contribution is 2.35. The maximum Gasteiger partial charge on any atom is 0.282 e. The molecule has 0 unspecified atom stereocenters. The molecular weight excluding hydrogens is 399 g/mol. The van der Waals surface area contributed by atoms with Gasteiger partial charge in [-0.3, -0.25) is 9.59 Å². The highest BCUT2D eigenvalue weighted by molar-refractivity contribution is 6.45. The van der Waals surface area contributed by atoms with Gasteiger partial charge in [-0.25, -0.2) is 9.29 Å². The van der Waals surface area contributed by atoms with E-state index in [1.165, 1.54) is 29.2 Å². The number of benzene rings is 2. The van der Waals surface area contributed by atoms with Crippen LogP contribution < -0.4 is 4.90 Å². The van der Waals surface area contributed by atoms with Crippen LogP contribution >= 0.6 is 0 Å². The lowest BCUT2D eigenvalue weighted by molar-refractivity contribution is -0.120. The van der Waals surface area contributed by atoms with Gasteiger partial charge in [-0.2, -0.15) is 0 Å². The van der Waals surface area contributed by atoms with E-state index >= 15 is 0 Å². The zero-order valence-corrected chi connectivity index (χ0v) is 18.3. The second-order valence-electron chi connectivity index (χ2n) is 7.42. The van der Waals surface area contributed by atoms with Crippen LogP contribution in [-0.2, 0) is 19.1 Å². The van der Waals surface area contributed by atoms with Gasteiger partial charge >= 0.3 is 0 Å². The van der Waals surface area contributed by atoms with Gasteiger partial charge in [0.25, 0.3) is 11.8 Å². The first-order chi connectivity index (χ1) is 14.9. The van der Waals surface area contributed by atoms with E-state index < -0.39 is 17.6 Å². The van der Waals surface area contributed by atoms with Crippen LogP contribution in [0.4, 0.5) is 10.1 Å². The van der Waals surface area contributed by atoms with Crippen LogP contribution in [0.5, 0.6) is 0 Å². The number of halogens is 1. The number of ether oxygens (including phenoxy) is 2. The summed E-state index contributed by atoms with van der Waals surface area (Å²) in [6, 6.07) is 11.1. The molecular formula is C24H27FN2O4. The third kappa shape index (κ3) is 4.68. The lowest BCUT2D eigenvalue weighted by Crippen LogP contribution is -2.37. The molecule has 1 aliphatic heterocycles. The number of methoxy groups -OCH3 is 2. The Labute approximate surface area is 181 Å². The number of carbonyl (C=O) groups is 2. The van der Waals surface area contributed by atoms with Gasteiger partial charge in [0.1, 0.15) is 11.5 Å². The normalized spacial score (nSPS) is 14.0. The molecule has 2 aromatic carbocycles. The van der Waals surface area contributed by atoms with Crippen molar-refractivity contribution < 1.29 is 23.5 Å². The molecule has 0 fully saturated rings. The Morgan fingerprint density at radius 1 is 0.871 bits per heavy atom. The average molecular weight is 426 g/mol. The Morgan fingerprint density at radius 2 is 1.48 bits per heavy atom. The molecule has 2 amide bonds. The molecule has 0 aromatic heterocycles. The topological polar surface area (TPSA) is 59.1 Å². The minimum atomic E-state index is -0.435. The summed E-state index contributed by atoms with van der Waals surface area (Å²) in [5, 5.41) is 0. The van der Waals surface area contributed by atoms with Gasteiger partial charge in [0, 0.05) is 27.3 Å². The molecule has 0 N–H and O–H groups in total. The first-order valence-corrected chi connectivity index (χ1v) is 10.1. The SMILES string of the molecule is COCCN(CCOC)C1=C(c2ccc(F)cc2)C(=O)N(c2ccc(C)c(C)c2)C1=O. The Hall–Kier alpha value is -3.03. The molecule has 0 atom stereocenters. The molecule has 1 aliphatic rings. The van der Waals surface area contributed by atoms with Crippen LogP contribution in [0.15, 0.2) is 48.2 Å². The zero-order valence-electron chi connectivity index (χ0n) is 18.3. The summed E-state index contributed by atoms with van der Waals surface area (Å²) in [7, 11) is 3.15. The number of hydrogen-bond donors (Lipinski definition) is 0. The van der Waals surface area contributed by atoms with E-state index in [1.807, 2.05) is 26.0 Å². The van der Waals surface area contributed by atoms with Gasteiger partial charge in [0.15, 0.2) is 0 Å². The molecule has 0 bridgehead atoms. The van der Waals surface area contributed by atoms with Crippen LogP contribution in [0.1, 0.15) is 16.7 Å². The van der Waals surface area contributed by atoms with Crippen molar-refractivity contribution in [3.8, 4) is 0 Å². The van der Waals surface area contributed by atoms with E-state index in [0.717, 1.165) is 11.1 Å². The molecule has 31 heavy (non-hydrogen) atoms. The van der Waals surface area contributed by atoms with Crippen molar-refractivity contribution in [2.45, 2.75) is 13.8 Å². The fraction of sp³-hybridized carbons (Fsp3) is 0.333. The Balaban J connectivity index is 2.13. The summed E-state index contributed by atoms with van der Waals surface area (Å²) in [4.78, 5) is 30.1. The lowest BCUT2D eigenvalue weighted by Gasteiger charge is -2.25. The minimum Gasteiger partial charge on any atom is -0.383 e. The molecule has 0 saturated heterocycles. The third-order valence-electron chi connectivity index (χ3n) is 5.39. The van der Waals surface area contributed by atoms with Crippen molar-refractivity contribution in [2.75, 3.05) is 45.4 Å². The van der Waals surface area contributed by atoms with Gasteiger partial charge in [-0.05, 0) is 54.8 Å². The van der Waals surface area contributed by atoms with E-state index in [-0.39, 0.29) is 11.3 Å². The summed E-state index contributed by atoms with van der Waals surface area (Å²) in [5.74, 6) is -1.27. The van der Waals surface area contributed by atoms with Crippen molar-refractivity contribution >= 4 is 23.1 Å². The van der Waals surface area contributed by atoms with Gasteiger partial charge < -0.3 is 14.4 Å². The highest BCUT2D eigenvalue weighted by atomic mass is 19.1. The van der Waals surface area contributed by atoms with Crippen LogP contribution in [0, 0.1) is 19.7 Å². The number of amides is 2. The number of rotatable bonds is 9. The number of nitrogens with zero attached hydrogens (tertiary/aromatic N) is 2. The van der Waals surface area contributed by atoms with Crippen molar-refractivity contribution in [2.24, 2.45) is 0 Å². The molecule has 0 radical (unpaired) electrons. The number of carbonyl (C=O) groups excluding carboxylic acids is 2. The smallest absolute Gasteiger partial charge is 0.282 e. The van der Waals surface area contributed by atoms with Gasteiger partial charge in [0.2, 0.25) is 0 Å². The molecule has 0 spiro atoms. The van der Waals surface area contributed by atoms with Crippen molar-refractivity contribution in [3.63, 3.8) is 0 Å². The summed E-state index contributed by atoms with van der Waals surface area (Å²) in [6.45, 7) is 5.45. The highest BCUT2D eigenvalue weighted by Gasteiger charge is 2.42. The number of imide groups is 1. The maximum atomic E-state index is 13.6. The van der Waals surface area contributed by atoms with E-state index in [1.54, 1.807) is 25.2 Å². The largest absolute Gasteiger partial charge is 0.383 e. The predicted molar refractivity (Wildman–Crippen MR) is 117 cm³/mol. The standard InChI is InChI=1S/C24H27FN2O4/c1-16-5-10-20(15-17(16)2)27-23(28)21(18-6-8-19(25)9-7-18)22(24(27)29)26(11-13-30-3)12-14-31-4/h5-10,15H,11-14H2,1-4H3. The molecule has 3 rings (SSSR count). The first-order valence-electron chi connectivity index (χ1n) is 10.1. The lowest BCUT2D eigenvalue weighted by atomic mass is 10.0. The fourth-order valence-corrected chi connectivity index (χ4v) is 3.53. The van der Waals surface area contributed by atoms with Crippen LogP contribution in [0.3, 0.4) is 0 Å². The first kappa shape index (κ1) is 22.7. The second kappa shape index (κ2) is 9.85. The van der Waals surface area contributed by atoms with Crippen LogP contribution in [0.25, 0.3) is 5.57 Å². The summed E-state index contributed by atoms with van der Waals surface area (Å²) in [6.07, 6.45) is 0. The van der Waals surface area contributed by atoms with E-state index in [0.29, 0.717) is 37.6 Å². The van der Waals surface area contributed by atoms with Crippen LogP contribution in [0.2, 0.25) is 0 Å². The number of aryl methyl sites for hydroxylation is 2. The predicted octanol–water partition coefficient (Wildman–Crippen LogP) is 3.32. The quantitative estimate of drug-likeness (QED) is 0.576. The molecule has 164 valence electrons. The summed E-state index contributed by atoms with van der Waals surface area (Å²) >= 11 is 0. The number of hydrogen-bond acceptors (Lipinski definition) is 5. The molecule has 6 nitrogen and oxygen atoms in total. The molecule has 1 heterocycles. The Kier molecular flexibility index (Phi) is 7.20. The summed E-state index contributed by atoms with van der Waals surface area (Å²) in [5.41, 5.74) is 3.55. The number of anilines is 1. The van der Waals surface area contributed by atoms with Gasteiger partial charge in [-0.1, -0.05) is 18.2 Å². The maximum absolute atomic E-state index is 13.6. The van der Waals surface area contributed by atoms with E-state index in [9.17, 15) is 14.0 Å². The van der Waals surface area contributed by atoms with Crippen molar-refractivity contribution in [1.29, 1.82) is 0 Å². The molecule has 2 aromatic rings. The average Bonchev–Trinajstić information content (AvgIpc) is 3.01. The molecule has 0 aliphatic carbocycles. The zero-order chi connectivity index (χ0) is 22.5.